The first-order chi connectivity index (χ1) is 18.1. The molecular weight excluding hydrogens is 517 g/mol. The monoisotopic (exact) mass is 542 g/mol. The molecule has 1 heterocycles. The van der Waals surface area contributed by atoms with Crippen molar-refractivity contribution in [3.63, 3.8) is 0 Å². The van der Waals surface area contributed by atoms with E-state index in [0.29, 0.717) is 30.6 Å². The lowest BCUT2D eigenvalue weighted by Gasteiger charge is -2.23. The summed E-state index contributed by atoms with van der Waals surface area (Å²) >= 11 is 0. The number of alkyl halides is 3. The van der Waals surface area contributed by atoms with Gasteiger partial charge in [0, 0.05) is 13.0 Å². The minimum absolute atomic E-state index is 0.00542. The fourth-order valence-electron chi connectivity index (χ4n) is 4.39. The zero-order valence-corrected chi connectivity index (χ0v) is 21.1. The van der Waals surface area contributed by atoms with Gasteiger partial charge in [-0.1, -0.05) is 30.3 Å². The molecule has 0 amide bonds. The fraction of sp³-hybridized carbons (Fsp3) is 0.286. The predicted molar refractivity (Wildman–Crippen MR) is 134 cm³/mol. The Morgan fingerprint density at radius 1 is 1.03 bits per heavy atom. The van der Waals surface area contributed by atoms with Gasteiger partial charge in [-0.25, -0.2) is 8.42 Å². The summed E-state index contributed by atoms with van der Waals surface area (Å²) in [4.78, 5) is 13.0. The van der Waals surface area contributed by atoms with E-state index in [9.17, 15) is 26.4 Å². The summed E-state index contributed by atoms with van der Waals surface area (Å²) in [7, 11) is -3.92. The molecular formula is C28H25F3N2O4S. The molecule has 1 aliphatic heterocycles. The Labute approximate surface area is 219 Å². The number of rotatable bonds is 9. The molecule has 1 saturated heterocycles. The van der Waals surface area contributed by atoms with Crippen molar-refractivity contribution in [2.45, 2.75) is 49.4 Å². The number of hydrogen-bond donors (Lipinski definition) is 0. The number of sulfonamides is 1. The van der Waals surface area contributed by atoms with Gasteiger partial charge >= 0.3 is 6.18 Å². The van der Waals surface area contributed by atoms with Gasteiger partial charge in [0.25, 0.3) is 0 Å². The smallest absolute Gasteiger partial charge is 0.416 e. The van der Waals surface area contributed by atoms with E-state index in [4.69, 9.17) is 10.00 Å². The number of halogens is 3. The number of nitriles is 1. The number of nitrogens with zero attached hydrogens (tertiary/aromatic N) is 2. The SMILES string of the molecule is N#Cc1cccc(S(=O)(=O)N2CCC[C@H]2C(=O)CCc2cccc(OCc3ccc(C(F)(F)F)cc3)c2)c1. The standard InChI is InChI=1S/C28H25F3N2O4S/c29-28(30,31)23-12-9-21(10-13-23)19-37-24-6-1-4-20(16-24)11-14-27(34)26-8-3-15-33(26)38(35,36)25-7-2-5-22(17-25)18-32/h1-2,4-7,9-10,12-13,16-17,26H,3,8,11,14-15,19H2/t26-/m0/s1. The van der Waals surface area contributed by atoms with E-state index in [2.05, 4.69) is 0 Å². The number of carbonyl (C=O) groups is 1. The molecule has 0 saturated carbocycles. The molecule has 0 radical (unpaired) electrons. The van der Waals surface area contributed by atoms with Crippen LogP contribution in [0.5, 0.6) is 5.75 Å². The second kappa shape index (κ2) is 11.4. The van der Waals surface area contributed by atoms with Crippen molar-refractivity contribution in [3.8, 4) is 11.8 Å². The van der Waals surface area contributed by atoms with Gasteiger partial charge in [0.1, 0.15) is 12.4 Å². The van der Waals surface area contributed by atoms with E-state index in [-0.39, 0.29) is 35.8 Å². The van der Waals surface area contributed by atoms with E-state index < -0.39 is 27.8 Å². The van der Waals surface area contributed by atoms with Gasteiger partial charge in [0.05, 0.1) is 28.1 Å². The molecule has 1 aliphatic rings. The molecule has 0 spiro atoms. The van der Waals surface area contributed by atoms with Crippen LogP contribution in [0.3, 0.4) is 0 Å². The highest BCUT2D eigenvalue weighted by atomic mass is 32.2. The Hall–Kier alpha value is -3.68. The van der Waals surface area contributed by atoms with Crippen LogP contribution in [-0.4, -0.2) is 31.1 Å². The second-order valence-electron chi connectivity index (χ2n) is 9.01. The summed E-state index contributed by atoms with van der Waals surface area (Å²) in [5.74, 6) is 0.330. The summed E-state index contributed by atoms with van der Waals surface area (Å²) in [5.41, 5.74) is 0.907. The largest absolute Gasteiger partial charge is 0.489 e. The van der Waals surface area contributed by atoms with Crippen LogP contribution in [0.25, 0.3) is 0 Å². The average Bonchev–Trinajstić information content (AvgIpc) is 3.42. The molecule has 4 rings (SSSR count). The van der Waals surface area contributed by atoms with E-state index in [1.807, 2.05) is 12.1 Å². The highest BCUT2D eigenvalue weighted by molar-refractivity contribution is 7.89. The average molecular weight is 543 g/mol. The lowest BCUT2D eigenvalue weighted by molar-refractivity contribution is -0.137. The molecule has 1 atom stereocenters. The van der Waals surface area contributed by atoms with Crippen LogP contribution in [0, 0.1) is 11.3 Å². The maximum absolute atomic E-state index is 13.2. The number of hydrogen-bond acceptors (Lipinski definition) is 5. The van der Waals surface area contributed by atoms with Crippen LogP contribution < -0.4 is 4.74 Å². The topological polar surface area (TPSA) is 87.5 Å². The number of benzene rings is 3. The van der Waals surface area contributed by atoms with Gasteiger partial charge < -0.3 is 4.74 Å². The van der Waals surface area contributed by atoms with Crippen molar-refractivity contribution in [2.75, 3.05) is 6.54 Å². The summed E-state index contributed by atoms with van der Waals surface area (Å²) < 4.78 is 71.5. The third kappa shape index (κ3) is 6.41. The Kier molecular flexibility index (Phi) is 8.19. The second-order valence-corrected chi connectivity index (χ2v) is 10.9. The number of ether oxygens (including phenoxy) is 1. The summed E-state index contributed by atoms with van der Waals surface area (Å²) in [5, 5.41) is 9.10. The number of aryl methyl sites for hydroxylation is 1. The third-order valence-corrected chi connectivity index (χ3v) is 8.29. The van der Waals surface area contributed by atoms with Crippen molar-refractivity contribution in [2.24, 2.45) is 0 Å². The minimum Gasteiger partial charge on any atom is -0.489 e. The Morgan fingerprint density at radius 2 is 1.76 bits per heavy atom. The van der Waals surface area contributed by atoms with E-state index in [1.165, 1.54) is 40.7 Å². The van der Waals surface area contributed by atoms with Gasteiger partial charge in [0.15, 0.2) is 5.78 Å². The zero-order chi connectivity index (χ0) is 27.3. The van der Waals surface area contributed by atoms with Crippen LogP contribution in [0.15, 0.2) is 77.7 Å². The normalized spacial score (nSPS) is 16.2. The quantitative estimate of drug-likeness (QED) is 0.356. The summed E-state index contributed by atoms with van der Waals surface area (Å²) in [6, 6.07) is 18.7. The van der Waals surface area contributed by atoms with Gasteiger partial charge in [-0.15, -0.1) is 0 Å². The van der Waals surface area contributed by atoms with E-state index in [0.717, 1.165) is 17.7 Å². The molecule has 0 aliphatic carbocycles. The summed E-state index contributed by atoms with van der Waals surface area (Å²) in [6.45, 7) is 0.325. The molecule has 6 nitrogen and oxygen atoms in total. The first kappa shape index (κ1) is 27.4. The van der Waals surface area contributed by atoms with Gasteiger partial charge in [-0.2, -0.15) is 22.7 Å². The molecule has 0 bridgehead atoms. The van der Waals surface area contributed by atoms with E-state index in [1.54, 1.807) is 18.2 Å². The number of Topliss-reactive ketones (excluding diaryl/α,β-unsaturated/α-hetero) is 1. The molecule has 1 fully saturated rings. The van der Waals surface area contributed by atoms with Crippen molar-refractivity contribution in [3.05, 3.63) is 95.1 Å². The maximum atomic E-state index is 13.2. The van der Waals surface area contributed by atoms with Crippen molar-refractivity contribution >= 4 is 15.8 Å². The molecule has 10 heteroatoms. The number of ketones is 1. The molecule has 0 aromatic heterocycles. The van der Waals surface area contributed by atoms with Crippen molar-refractivity contribution in [1.82, 2.24) is 4.31 Å². The molecule has 38 heavy (non-hydrogen) atoms. The third-order valence-electron chi connectivity index (χ3n) is 6.39. The van der Waals surface area contributed by atoms with Crippen molar-refractivity contribution < 1.29 is 31.1 Å². The fourth-order valence-corrected chi connectivity index (χ4v) is 6.12. The molecule has 0 unspecified atom stereocenters. The lowest BCUT2D eigenvalue weighted by atomic mass is 10.0. The van der Waals surface area contributed by atoms with Crippen LogP contribution in [0.1, 0.15) is 41.5 Å². The Balaban J connectivity index is 1.36. The van der Waals surface area contributed by atoms with Crippen LogP contribution in [0.4, 0.5) is 13.2 Å². The predicted octanol–water partition coefficient (Wildman–Crippen LogP) is 5.51. The zero-order valence-electron chi connectivity index (χ0n) is 20.3. The van der Waals surface area contributed by atoms with Crippen LogP contribution in [0.2, 0.25) is 0 Å². The molecule has 3 aromatic carbocycles. The maximum Gasteiger partial charge on any atom is 0.416 e. The lowest BCUT2D eigenvalue weighted by Crippen LogP contribution is -2.40. The van der Waals surface area contributed by atoms with E-state index >= 15 is 0 Å². The van der Waals surface area contributed by atoms with Gasteiger partial charge in [-0.05, 0) is 72.9 Å². The van der Waals surface area contributed by atoms with Gasteiger partial charge in [0.2, 0.25) is 10.0 Å². The number of carbonyl (C=O) groups excluding carboxylic acids is 1. The highest BCUT2D eigenvalue weighted by Gasteiger charge is 2.39. The summed E-state index contributed by atoms with van der Waals surface area (Å²) in [6.07, 6.45) is -2.87. The Morgan fingerprint density at radius 3 is 2.47 bits per heavy atom. The molecule has 3 aromatic rings. The molecule has 0 N–H and O–H groups in total. The molecule has 198 valence electrons. The first-order valence-electron chi connectivity index (χ1n) is 12.0. The minimum atomic E-state index is -4.40. The Bertz CT molecular complexity index is 1450. The van der Waals surface area contributed by atoms with Crippen LogP contribution >= 0.6 is 0 Å². The van der Waals surface area contributed by atoms with Crippen LogP contribution in [-0.2, 0) is 34.0 Å². The highest BCUT2D eigenvalue weighted by Crippen LogP contribution is 2.30. The van der Waals surface area contributed by atoms with Crippen molar-refractivity contribution in [1.29, 1.82) is 5.26 Å². The van der Waals surface area contributed by atoms with Gasteiger partial charge in [-0.3, -0.25) is 4.79 Å². The first-order valence-corrected chi connectivity index (χ1v) is 13.4.